The van der Waals surface area contributed by atoms with Gasteiger partial charge in [-0.2, -0.15) is 0 Å². The minimum absolute atomic E-state index is 0.603. The van der Waals surface area contributed by atoms with E-state index in [9.17, 15) is 0 Å². The Morgan fingerprint density at radius 2 is 2.38 bits per heavy atom. The first-order valence-electron chi connectivity index (χ1n) is 4.74. The first-order valence-corrected chi connectivity index (χ1v) is 6.07. The van der Waals surface area contributed by atoms with Crippen LogP contribution < -0.4 is 10.1 Å². The number of methoxy groups -OCH3 is 1. The fourth-order valence-electron chi connectivity index (χ4n) is 1.37. The molecule has 3 nitrogen and oxygen atoms in total. The molecule has 2 aromatic rings. The van der Waals surface area contributed by atoms with E-state index >= 15 is 0 Å². The molecular formula is C11H11ClN2OS. The largest absolute Gasteiger partial charge is 0.493 e. The summed E-state index contributed by atoms with van der Waals surface area (Å²) in [5.41, 5.74) is 3.70. The molecule has 1 heterocycles. The molecule has 0 bridgehead atoms. The van der Waals surface area contributed by atoms with Gasteiger partial charge in [-0.3, -0.25) is 0 Å². The van der Waals surface area contributed by atoms with Crippen LogP contribution in [0.1, 0.15) is 5.69 Å². The molecule has 1 aromatic heterocycles. The van der Waals surface area contributed by atoms with Gasteiger partial charge in [-0.05, 0) is 12.1 Å². The second kappa shape index (κ2) is 5.18. The van der Waals surface area contributed by atoms with Crippen molar-refractivity contribution in [1.82, 2.24) is 4.98 Å². The molecule has 16 heavy (non-hydrogen) atoms. The van der Waals surface area contributed by atoms with E-state index in [0.717, 1.165) is 11.4 Å². The van der Waals surface area contributed by atoms with E-state index in [2.05, 4.69) is 10.3 Å². The molecule has 0 saturated carbocycles. The molecule has 0 aliphatic carbocycles. The van der Waals surface area contributed by atoms with Gasteiger partial charge in [0.1, 0.15) is 0 Å². The monoisotopic (exact) mass is 254 g/mol. The first-order chi connectivity index (χ1) is 7.81. The van der Waals surface area contributed by atoms with Gasteiger partial charge in [-0.25, -0.2) is 4.98 Å². The number of rotatable bonds is 4. The molecule has 0 fully saturated rings. The molecule has 0 aliphatic heterocycles. The number of hydrogen-bond donors (Lipinski definition) is 1. The van der Waals surface area contributed by atoms with Crippen LogP contribution in [0.5, 0.6) is 5.75 Å². The number of anilines is 1. The zero-order valence-corrected chi connectivity index (χ0v) is 10.3. The normalized spacial score (nSPS) is 10.1. The number of thiazole rings is 1. The van der Waals surface area contributed by atoms with E-state index in [1.54, 1.807) is 24.5 Å². The highest BCUT2D eigenvalue weighted by atomic mass is 35.5. The Labute approximate surface area is 103 Å². The van der Waals surface area contributed by atoms with Crippen LogP contribution in [0.15, 0.2) is 29.1 Å². The summed E-state index contributed by atoms with van der Waals surface area (Å²) >= 11 is 7.59. The zero-order valence-electron chi connectivity index (χ0n) is 8.74. The predicted octanol–water partition coefficient (Wildman–Crippen LogP) is 3.42. The van der Waals surface area contributed by atoms with Crippen molar-refractivity contribution < 1.29 is 4.74 Å². The number of para-hydroxylation sites is 1. The number of nitrogens with one attached hydrogen (secondary N) is 1. The van der Waals surface area contributed by atoms with Crippen LogP contribution in [0, 0.1) is 0 Å². The van der Waals surface area contributed by atoms with Crippen LogP contribution in [-0.2, 0) is 6.54 Å². The standard InChI is InChI=1S/C11H11ClN2OS/c1-15-11-9(12)3-2-4-10(11)13-5-8-6-16-7-14-8/h2-4,6-7,13H,5H2,1H3. The molecule has 2 rings (SSSR count). The molecule has 0 radical (unpaired) electrons. The third-order valence-electron chi connectivity index (χ3n) is 2.11. The molecule has 1 aromatic carbocycles. The molecule has 1 N–H and O–H groups in total. The maximum absolute atomic E-state index is 6.01. The van der Waals surface area contributed by atoms with Gasteiger partial charge in [-0.15, -0.1) is 11.3 Å². The predicted molar refractivity (Wildman–Crippen MR) is 67.4 cm³/mol. The molecular weight excluding hydrogens is 244 g/mol. The lowest BCUT2D eigenvalue weighted by Crippen LogP contribution is -2.01. The van der Waals surface area contributed by atoms with Crippen molar-refractivity contribution in [1.29, 1.82) is 0 Å². The van der Waals surface area contributed by atoms with Gasteiger partial charge >= 0.3 is 0 Å². The number of ether oxygens (including phenoxy) is 1. The van der Waals surface area contributed by atoms with Crippen molar-refractivity contribution in [2.45, 2.75) is 6.54 Å². The van der Waals surface area contributed by atoms with Crippen LogP contribution in [0.4, 0.5) is 5.69 Å². The van der Waals surface area contributed by atoms with E-state index in [1.807, 2.05) is 23.0 Å². The topological polar surface area (TPSA) is 34.1 Å². The minimum Gasteiger partial charge on any atom is -0.493 e. The average Bonchev–Trinajstić information content (AvgIpc) is 2.79. The Balaban J connectivity index is 2.12. The fourth-order valence-corrected chi connectivity index (χ4v) is 2.18. The molecule has 0 saturated heterocycles. The maximum Gasteiger partial charge on any atom is 0.160 e. The average molecular weight is 255 g/mol. The molecule has 0 spiro atoms. The first kappa shape index (κ1) is 11.2. The number of hydrogen-bond acceptors (Lipinski definition) is 4. The fraction of sp³-hybridized carbons (Fsp3) is 0.182. The third kappa shape index (κ3) is 2.46. The van der Waals surface area contributed by atoms with Crippen molar-refractivity contribution in [2.75, 3.05) is 12.4 Å². The van der Waals surface area contributed by atoms with Gasteiger partial charge in [0.2, 0.25) is 0 Å². The van der Waals surface area contributed by atoms with Crippen LogP contribution in [0.3, 0.4) is 0 Å². The second-order valence-electron chi connectivity index (χ2n) is 3.15. The summed E-state index contributed by atoms with van der Waals surface area (Å²) in [6.07, 6.45) is 0. The Morgan fingerprint density at radius 1 is 1.50 bits per heavy atom. The van der Waals surface area contributed by atoms with Gasteiger partial charge in [0.05, 0.1) is 35.6 Å². The van der Waals surface area contributed by atoms with Crippen molar-refractivity contribution in [3.63, 3.8) is 0 Å². The summed E-state index contributed by atoms with van der Waals surface area (Å²) < 4.78 is 5.23. The lowest BCUT2D eigenvalue weighted by molar-refractivity contribution is 0.416. The zero-order chi connectivity index (χ0) is 11.4. The number of halogens is 1. The van der Waals surface area contributed by atoms with Gasteiger partial charge in [0.15, 0.2) is 5.75 Å². The quantitative estimate of drug-likeness (QED) is 0.908. The Morgan fingerprint density at radius 3 is 3.06 bits per heavy atom. The SMILES string of the molecule is COc1c(Cl)cccc1NCc1cscn1. The van der Waals surface area contributed by atoms with E-state index in [1.165, 1.54) is 0 Å². The van der Waals surface area contributed by atoms with Gasteiger partial charge < -0.3 is 10.1 Å². The van der Waals surface area contributed by atoms with Crippen LogP contribution in [-0.4, -0.2) is 12.1 Å². The van der Waals surface area contributed by atoms with Crippen LogP contribution >= 0.6 is 22.9 Å². The third-order valence-corrected chi connectivity index (χ3v) is 3.05. The summed E-state index contributed by atoms with van der Waals surface area (Å²) in [4.78, 5) is 4.19. The van der Waals surface area contributed by atoms with Crippen molar-refractivity contribution in [3.8, 4) is 5.75 Å². The molecule has 0 aliphatic rings. The van der Waals surface area contributed by atoms with Crippen molar-refractivity contribution >= 4 is 28.6 Å². The Bertz CT molecular complexity index is 459. The lowest BCUT2D eigenvalue weighted by Gasteiger charge is -2.11. The molecule has 84 valence electrons. The minimum atomic E-state index is 0.603. The molecule has 5 heteroatoms. The Kier molecular flexibility index (Phi) is 3.64. The van der Waals surface area contributed by atoms with Crippen LogP contribution in [0.25, 0.3) is 0 Å². The molecule has 0 atom stereocenters. The van der Waals surface area contributed by atoms with Crippen molar-refractivity contribution in [2.24, 2.45) is 0 Å². The summed E-state index contributed by atoms with van der Waals surface area (Å²) in [6, 6.07) is 5.61. The smallest absolute Gasteiger partial charge is 0.160 e. The molecule has 0 amide bonds. The van der Waals surface area contributed by atoms with E-state index < -0.39 is 0 Å². The Hall–Kier alpha value is -1.26. The second-order valence-corrected chi connectivity index (χ2v) is 4.28. The van der Waals surface area contributed by atoms with Crippen molar-refractivity contribution in [3.05, 3.63) is 39.8 Å². The van der Waals surface area contributed by atoms with Crippen LogP contribution in [0.2, 0.25) is 5.02 Å². The van der Waals surface area contributed by atoms with Gasteiger partial charge in [-0.1, -0.05) is 17.7 Å². The maximum atomic E-state index is 6.01. The summed E-state index contributed by atoms with van der Waals surface area (Å²) in [5, 5.41) is 5.85. The number of nitrogens with zero attached hydrogens (tertiary/aromatic N) is 1. The number of benzene rings is 1. The highest BCUT2D eigenvalue weighted by molar-refractivity contribution is 7.07. The van der Waals surface area contributed by atoms with Gasteiger partial charge in [0, 0.05) is 5.38 Å². The summed E-state index contributed by atoms with van der Waals surface area (Å²) in [5.74, 6) is 0.666. The summed E-state index contributed by atoms with van der Waals surface area (Å²) in [6.45, 7) is 0.667. The highest BCUT2D eigenvalue weighted by Gasteiger charge is 2.06. The van der Waals surface area contributed by atoms with E-state index in [4.69, 9.17) is 16.3 Å². The van der Waals surface area contributed by atoms with E-state index in [0.29, 0.717) is 17.3 Å². The van der Waals surface area contributed by atoms with Gasteiger partial charge in [0.25, 0.3) is 0 Å². The molecule has 0 unspecified atom stereocenters. The lowest BCUT2D eigenvalue weighted by atomic mass is 10.3. The highest BCUT2D eigenvalue weighted by Crippen LogP contribution is 2.32. The van der Waals surface area contributed by atoms with E-state index in [-0.39, 0.29) is 0 Å². The summed E-state index contributed by atoms with van der Waals surface area (Å²) in [7, 11) is 1.61. The number of aromatic nitrogens is 1.